The van der Waals surface area contributed by atoms with Crippen LogP contribution in [-0.2, 0) is 19.3 Å². The van der Waals surface area contributed by atoms with Gasteiger partial charge in [0.25, 0.3) is 0 Å². The SMILES string of the molecule is Cc1cnn(C(C)C2CC2)c1NC(=O)NCCc1nc2c(s1)CCC2. The Hall–Kier alpha value is -1.89. The Bertz CT molecular complexity index is 755. The zero-order valence-electron chi connectivity index (χ0n) is 14.8. The van der Waals surface area contributed by atoms with Crippen LogP contribution >= 0.6 is 11.3 Å². The Morgan fingerprint density at radius 3 is 3.04 bits per heavy atom. The zero-order valence-corrected chi connectivity index (χ0v) is 15.7. The van der Waals surface area contributed by atoms with Crippen molar-refractivity contribution in [1.29, 1.82) is 0 Å². The summed E-state index contributed by atoms with van der Waals surface area (Å²) in [5.41, 5.74) is 2.28. The number of hydrogen-bond donors (Lipinski definition) is 2. The van der Waals surface area contributed by atoms with Crippen molar-refractivity contribution in [3.8, 4) is 0 Å². The quantitative estimate of drug-likeness (QED) is 0.829. The summed E-state index contributed by atoms with van der Waals surface area (Å²) in [7, 11) is 0. The summed E-state index contributed by atoms with van der Waals surface area (Å²) in [4.78, 5) is 18.4. The topological polar surface area (TPSA) is 71.8 Å². The third kappa shape index (κ3) is 3.56. The maximum absolute atomic E-state index is 12.3. The van der Waals surface area contributed by atoms with Crippen molar-refractivity contribution < 1.29 is 4.79 Å². The summed E-state index contributed by atoms with van der Waals surface area (Å²) >= 11 is 1.80. The fourth-order valence-electron chi connectivity index (χ4n) is 3.48. The van der Waals surface area contributed by atoms with Gasteiger partial charge < -0.3 is 5.32 Å². The van der Waals surface area contributed by atoms with E-state index in [-0.39, 0.29) is 6.03 Å². The smallest absolute Gasteiger partial charge is 0.320 e. The second-order valence-corrected chi connectivity index (χ2v) is 8.33. The predicted molar refractivity (Wildman–Crippen MR) is 99.3 cm³/mol. The van der Waals surface area contributed by atoms with Crippen LogP contribution < -0.4 is 10.6 Å². The second kappa shape index (κ2) is 6.78. The van der Waals surface area contributed by atoms with Gasteiger partial charge in [0.1, 0.15) is 5.82 Å². The lowest BCUT2D eigenvalue weighted by molar-refractivity contribution is 0.252. The molecule has 2 aliphatic carbocycles. The van der Waals surface area contributed by atoms with Crippen molar-refractivity contribution in [3.63, 3.8) is 0 Å². The van der Waals surface area contributed by atoms with Gasteiger partial charge in [-0.25, -0.2) is 14.5 Å². The Balaban J connectivity index is 1.30. The van der Waals surface area contributed by atoms with Crippen LogP contribution in [0.15, 0.2) is 6.20 Å². The molecule has 2 aromatic rings. The highest BCUT2D eigenvalue weighted by molar-refractivity contribution is 7.11. The first-order valence-corrected chi connectivity index (χ1v) is 10.00. The molecule has 2 aliphatic rings. The molecule has 2 N–H and O–H groups in total. The molecule has 1 fully saturated rings. The van der Waals surface area contributed by atoms with Gasteiger partial charge in [-0.05, 0) is 51.9 Å². The molecule has 2 aromatic heterocycles. The molecule has 0 aliphatic heterocycles. The number of thiazole rings is 1. The van der Waals surface area contributed by atoms with Crippen LogP contribution in [0.4, 0.5) is 10.6 Å². The van der Waals surface area contributed by atoms with Gasteiger partial charge in [-0.3, -0.25) is 5.32 Å². The molecule has 2 amide bonds. The van der Waals surface area contributed by atoms with Crippen molar-refractivity contribution in [2.45, 2.75) is 58.4 Å². The molecular weight excluding hydrogens is 334 g/mol. The van der Waals surface area contributed by atoms with Crippen LogP contribution in [0.2, 0.25) is 0 Å². The molecule has 0 bridgehead atoms. The fraction of sp³-hybridized carbons (Fsp3) is 0.611. The second-order valence-electron chi connectivity index (χ2n) is 7.16. The minimum absolute atomic E-state index is 0.169. The first kappa shape index (κ1) is 16.6. The monoisotopic (exact) mass is 359 g/mol. The molecule has 1 unspecified atom stereocenters. The summed E-state index contributed by atoms with van der Waals surface area (Å²) < 4.78 is 1.96. The molecule has 6 nitrogen and oxygen atoms in total. The van der Waals surface area contributed by atoms with E-state index < -0.39 is 0 Å². The van der Waals surface area contributed by atoms with E-state index >= 15 is 0 Å². The number of amides is 2. The molecule has 4 rings (SSSR count). The molecule has 25 heavy (non-hydrogen) atoms. The maximum atomic E-state index is 12.3. The van der Waals surface area contributed by atoms with Crippen molar-refractivity contribution in [2.24, 2.45) is 5.92 Å². The normalized spacial score (nSPS) is 17.4. The highest BCUT2D eigenvalue weighted by atomic mass is 32.1. The van der Waals surface area contributed by atoms with E-state index in [4.69, 9.17) is 0 Å². The van der Waals surface area contributed by atoms with Gasteiger partial charge in [-0.1, -0.05) is 0 Å². The molecule has 1 atom stereocenters. The van der Waals surface area contributed by atoms with Crippen molar-refractivity contribution in [1.82, 2.24) is 20.1 Å². The van der Waals surface area contributed by atoms with E-state index in [0.29, 0.717) is 18.5 Å². The van der Waals surface area contributed by atoms with Crippen molar-refractivity contribution in [2.75, 3.05) is 11.9 Å². The number of urea groups is 1. The lowest BCUT2D eigenvalue weighted by Gasteiger charge is -2.16. The molecule has 0 spiro atoms. The fourth-order valence-corrected chi connectivity index (χ4v) is 4.63. The summed E-state index contributed by atoms with van der Waals surface area (Å²) in [6.07, 6.45) is 8.65. The van der Waals surface area contributed by atoms with Gasteiger partial charge >= 0.3 is 6.03 Å². The van der Waals surface area contributed by atoms with Crippen LogP contribution in [0, 0.1) is 12.8 Å². The van der Waals surface area contributed by atoms with E-state index in [0.717, 1.165) is 29.2 Å². The lowest BCUT2D eigenvalue weighted by atomic mass is 10.2. The third-order valence-corrected chi connectivity index (χ3v) is 6.38. The highest BCUT2D eigenvalue weighted by Gasteiger charge is 2.31. The van der Waals surface area contributed by atoms with Gasteiger partial charge in [-0.2, -0.15) is 5.10 Å². The number of aryl methyl sites for hydroxylation is 3. The van der Waals surface area contributed by atoms with Gasteiger partial charge in [0.15, 0.2) is 0 Å². The van der Waals surface area contributed by atoms with E-state index in [2.05, 4.69) is 27.6 Å². The van der Waals surface area contributed by atoms with E-state index in [9.17, 15) is 4.79 Å². The Morgan fingerprint density at radius 1 is 1.44 bits per heavy atom. The third-order valence-electron chi connectivity index (χ3n) is 5.16. The minimum atomic E-state index is -0.169. The van der Waals surface area contributed by atoms with Gasteiger partial charge in [-0.15, -0.1) is 11.3 Å². The van der Waals surface area contributed by atoms with Crippen molar-refractivity contribution in [3.05, 3.63) is 27.3 Å². The van der Waals surface area contributed by atoms with Gasteiger partial charge in [0.2, 0.25) is 0 Å². The zero-order chi connectivity index (χ0) is 17.4. The van der Waals surface area contributed by atoms with E-state index in [1.807, 2.05) is 17.8 Å². The number of carbonyl (C=O) groups excluding carboxylic acids is 1. The Labute approximate surface area is 152 Å². The predicted octanol–water partition coefficient (Wildman–Crippen LogP) is 3.47. The van der Waals surface area contributed by atoms with E-state index in [1.54, 1.807) is 11.3 Å². The van der Waals surface area contributed by atoms with Crippen LogP contribution in [-0.4, -0.2) is 27.3 Å². The summed E-state index contributed by atoms with van der Waals surface area (Å²) in [6.45, 7) is 4.76. The summed E-state index contributed by atoms with van der Waals surface area (Å²) in [5.74, 6) is 1.50. The van der Waals surface area contributed by atoms with E-state index in [1.165, 1.54) is 36.3 Å². The number of nitrogens with one attached hydrogen (secondary N) is 2. The first-order valence-electron chi connectivity index (χ1n) is 9.18. The summed E-state index contributed by atoms with van der Waals surface area (Å²) in [6, 6.07) is 0.165. The molecular formula is C18H25N5OS. The van der Waals surface area contributed by atoms with Crippen LogP contribution in [0.5, 0.6) is 0 Å². The number of fused-ring (bicyclic) bond motifs is 1. The number of carbonyl (C=O) groups is 1. The van der Waals surface area contributed by atoms with Gasteiger partial charge in [0.05, 0.1) is 22.9 Å². The van der Waals surface area contributed by atoms with Crippen molar-refractivity contribution >= 4 is 23.2 Å². The molecule has 7 heteroatoms. The molecule has 2 heterocycles. The molecule has 0 aromatic carbocycles. The maximum Gasteiger partial charge on any atom is 0.320 e. The molecule has 0 radical (unpaired) electrons. The number of aromatic nitrogens is 3. The summed E-state index contributed by atoms with van der Waals surface area (Å²) in [5, 5.41) is 11.5. The molecule has 134 valence electrons. The Kier molecular flexibility index (Phi) is 4.50. The average molecular weight is 359 g/mol. The highest BCUT2D eigenvalue weighted by Crippen LogP contribution is 2.40. The number of nitrogens with zero attached hydrogens (tertiary/aromatic N) is 3. The Morgan fingerprint density at radius 2 is 2.28 bits per heavy atom. The van der Waals surface area contributed by atoms with Crippen LogP contribution in [0.3, 0.4) is 0 Å². The van der Waals surface area contributed by atoms with Crippen LogP contribution in [0.1, 0.15) is 53.4 Å². The lowest BCUT2D eigenvalue weighted by Crippen LogP contribution is -2.32. The molecule has 1 saturated carbocycles. The van der Waals surface area contributed by atoms with Gasteiger partial charge in [0, 0.05) is 23.4 Å². The van der Waals surface area contributed by atoms with Crippen LogP contribution in [0.25, 0.3) is 0 Å². The standard InChI is InChI=1S/C18H25N5OS/c1-11-10-20-23(12(2)13-6-7-13)17(11)22-18(24)19-9-8-16-21-14-4-3-5-15(14)25-16/h10,12-13H,3-9H2,1-2H3,(H2,19,22,24). The number of anilines is 1. The molecule has 0 saturated heterocycles. The average Bonchev–Trinajstić information content (AvgIpc) is 3.09. The minimum Gasteiger partial charge on any atom is -0.337 e. The number of rotatable bonds is 6. The number of hydrogen-bond acceptors (Lipinski definition) is 4. The largest absolute Gasteiger partial charge is 0.337 e. The first-order chi connectivity index (χ1) is 12.1.